The summed E-state index contributed by atoms with van der Waals surface area (Å²) in [4.78, 5) is 11.1. The highest BCUT2D eigenvalue weighted by Gasteiger charge is 2.20. The van der Waals surface area contributed by atoms with Crippen LogP contribution >= 0.6 is 23.2 Å². The molecule has 7 nitrogen and oxygen atoms in total. The Morgan fingerprint density at radius 3 is 2.23 bits per heavy atom. The minimum atomic E-state index is -3.61. The van der Waals surface area contributed by atoms with Crippen molar-refractivity contribution >= 4 is 55.4 Å². The first kappa shape index (κ1) is 26.7. The van der Waals surface area contributed by atoms with Gasteiger partial charge in [-0.15, -0.1) is 0 Å². The molecule has 2 aromatic heterocycles. The van der Waals surface area contributed by atoms with Crippen LogP contribution < -0.4 is 5.32 Å². The molecule has 0 bridgehead atoms. The van der Waals surface area contributed by atoms with Crippen molar-refractivity contribution in [1.29, 1.82) is 0 Å². The molecule has 4 aromatic rings. The molecular weight excluding hydrogens is 507 g/mol. The topological polar surface area (TPSA) is 95.4 Å². The molecule has 0 saturated carbocycles. The first-order valence-corrected chi connectivity index (χ1v) is 12.9. The lowest BCUT2D eigenvalue weighted by Gasteiger charge is -2.15. The van der Waals surface area contributed by atoms with Crippen molar-refractivity contribution < 1.29 is 13.5 Å². The number of pyridine rings is 2. The highest BCUT2D eigenvalue weighted by molar-refractivity contribution is 7.90. The first-order chi connectivity index (χ1) is 16.0. The quantitative estimate of drug-likeness (QED) is 0.307. The van der Waals surface area contributed by atoms with E-state index >= 15 is 0 Å². The lowest BCUT2D eigenvalue weighted by Crippen LogP contribution is -2.10. The lowest BCUT2D eigenvalue weighted by molar-refractivity contribution is 0.402. The Morgan fingerprint density at radius 2 is 1.66 bits per heavy atom. The molecule has 2 aromatic carbocycles. The Morgan fingerprint density at radius 1 is 1.03 bits per heavy atom. The van der Waals surface area contributed by atoms with Crippen molar-refractivity contribution in [1.82, 2.24) is 14.9 Å². The molecule has 184 valence electrons. The van der Waals surface area contributed by atoms with Crippen molar-refractivity contribution in [2.45, 2.75) is 18.9 Å². The molecule has 35 heavy (non-hydrogen) atoms. The summed E-state index contributed by atoms with van der Waals surface area (Å²) in [7, 11) is 0.370. The summed E-state index contributed by atoms with van der Waals surface area (Å²) in [5, 5.41) is 13.3. The maximum absolute atomic E-state index is 12.6. The van der Waals surface area contributed by atoms with Gasteiger partial charge in [-0.25, -0.2) is 13.4 Å². The fourth-order valence-corrected chi connectivity index (χ4v) is 4.78. The molecule has 0 spiro atoms. The Hall–Kier alpha value is -2.91. The van der Waals surface area contributed by atoms with Crippen LogP contribution in [0.5, 0.6) is 5.75 Å². The van der Waals surface area contributed by atoms with E-state index in [1.807, 2.05) is 38.4 Å². The van der Waals surface area contributed by atoms with Gasteiger partial charge >= 0.3 is 0 Å². The average molecular weight is 533 g/mol. The highest BCUT2D eigenvalue weighted by atomic mass is 35.5. The molecule has 0 unspecified atom stereocenters. The third-order valence-electron chi connectivity index (χ3n) is 5.11. The number of fused-ring (bicyclic) bond motifs is 1. The summed E-state index contributed by atoms with van der Waals surface area (Å²) >= 11 is 12.2. The number of anilines is 2. The van der Waals surface area contributed by atoms with Crippen LogP contribution in [0.4, 0.5) is 11.4 Å². The number of aromatic nitrogens is 2. The molecule has 2 N–H and O–H groups in total. The van der Waals surface area contributed by atoms with E-state index in [-0.39, 0.29) is 28.1 Å². The predicted molar refractivity (Wildman–Crippen MR) is 144 cm³/mol. The second kappa shape index (κ2) is 10.4. The van der Waals surface area contributed by atoms with Crippen LogP contribution in [0.2, 0.25) is 10.0 Å². The summed E-state index contributed by atoms with van der Waals surface area (Å²) in [6.07, 6.45) is 2.46. The normalized spacial score (nSPS) is 11.5. The number of nitrogens with one attached hydrogen (secondary N) is 1. The number of hydrogen-bond acceptors (Lipinski definition) is 7. The van der Waals surface area contributed by atoms with Gasteiger partial charge in [-0.2, -0.15) is 0 Å². The van der Waals surface area contributed by atoms with Crippen molar-refractivity contribution in [3.63, 3.8) is 0 Å². The van der Waals surface area contributed by atoms with Crippen LogP contribution in [-0.4, -0.2) is 48.7 Å². The van der Waals surface area contributed by atoms with Crippen LogP contribution in [0.1, 0.15) is 13.0 Å². The third-order valence-corrected chi connectivity index (χ3v) is 6.80. The van der Waals surface area contributed by atoms with Crippen LogP contribution in [0.25, 0.3) is 22.3 Å². The molecule has 0 saturated heterocycles. The van der Waals surface area contributed by atoms with Gasteiger partial charge in [0, 0.05) is 30.2 Å². The monoisotopic (exact) mass is 532 g/mol. The van der Waals surface area contributed by atoms with E-state index in [0.29, 0.717) is 33.7 Å². The van der Waals surface area contributed by atoms with Gasteiger partial charge in [0.15, 0.2) is 15.6 Å². The number of nitrogens with zero attached hydrogens (tertiary/aromatic N) is 3. The zero-order chi connectivity index (χ0) is 24.6. The molecular formula is C25H26Cl2N4O3S. The predicted octanol–water partition coefficient (Wildman–Crippen LogP) is 6.15. The van der Waals surface area contributed by atoms with Crippen molar-refractivity contribution in [2.75, 3.05) is 25.7 Å². The Bertz CT molecular complexity index is 1470. The third kappa shape index (κ3) is 5.85. The van der Waals surface area contributed by atoms with Gasteiger partial charge in [-0.05, 0) is 56.1 Å². The summed E-state index contributed by atoms with van der Waals surface area (Å²) < 4.78 is 25.1. The molecule has 0 aliphatic carbocycles. The molecule has 0 radical (unpaired) electrons. The number of sulfone groups is 1. The lowest BCUT2D eigenvalue weighted by atomic mass is 10.1. The van der Waals surface area contributed by atoms with Gasteiger partial charge in [-0.3, -0.25) is 4.98 Å². The van der Waals surface area contributed by atoms with E-state index in [4.69, 9.17) is 23.2 Å². The average Bonchev–Trinajstić information content (AvgIpc) is 2.77. The standard InChI is InChI=1S/C24H22Cl2N4O3S.CH4/c1-30(2)13-14-4-6-16(7-5-14)28-23-21(34(3,32)33)12-27-20-9-8-19(29-22(20)23)15-10-17(25)24(31)18(26)11-15;/h4-12,31H,13H2,1-3H3,(H,27,28);1H4. The largest absolute Gasteiger partial charge is 0.505 e. The fourth-order valence-electron chi connectivity index (χ4n) is 3.53. The molecule has 4 rings (SSSR count). The summed E-state index contributed by atoms with van der Waals surface area (Å²) in [5.74, 6) is -0.214. The van der Waals surface area contributed by atoms with Crippen molar-refractivity contribution in [3.8, 4) is 17.0 Å². The summed E-state index contributed by atoms with van der Waals surface area (Å²) in [6, 6.07) is 14.3. The molecule has 10 heteroatoms. The van der Waals surface area contributed by atoms with Gasteiger partial charge in [0.1, 0.15) is 10.4 Å². The summed E-state index contributed by atoms with van der Waals surface area (Å²) in [5.41, 5.74) is 4.11. The minimum absolute atomic E-state index is 0. The van der Waals surface area contributed by atoms with Crippen molar-refractivity contribution in [3.05, 3.63) is 70.3 Å². The smallest absolute Gasteiger partial charge is 0.179 e. The van der Waals surface area contributed by atoms with Gasteiger partial charge in [-0.1, -0.05) is 42.8 Å². The number of halogens is 2. The number of benzene rings is 2. The first-order valence-electron chi connectivity index (χ1n) is 10.2. The van der Waals surface area contributed by atoms with E-state index in [2.05, 4.69) is 20.2 Å². The zero-order valence-electron chi connectivity index (χ0n) is 18.7. The van der Waals surface area contributed by atoms with Crippen LogP contribution in [0.3, 0.4) is 0 Å². The Kier molecular flexibility index (Phi) is 7.91. The second-order valence-corrected chi connectivity index (χ2v) is 11.0. The van der Waals surface area contributed by atoms with Gasteiger partial charge in [0.25, 0.3) is 0 Å². The van der Waals surface area contributed by atoms with E-state index in [1.165, 1.54) is 6.20 Å². The summed E-state index contributed by atoms with van der Waals surface area (Å²) in [6.45, 7) is 0.787. The SMILES string of the molecule is C.CN(C)Cc1ccc(Nc2c(S(C)(=O)=O)cnc3ccc(-c4cc(Cl)c(O)c(Cl)c4)nc23)cc1. The molecule has 0 aliphatic rings. The van der Waals surface area contributed by atoms with E-state index in [0.717, 1.165) is 18.4 Å². The van der Waals surface area contributed by atoms with Crippen molar-refractivity contribution in [2.24, 2.45) is 0 Å². The van der Waals surface area contributed by atoms with Crippen LogP contribution in [-0.2, 0) is 16.4 Å². The number of aromatic hydroxyl groups is 1. The maximum atomic E-state index is 12.6. The number of phenolic OH excluding ortho intramolecular Hbond substituents is 1. The fraction of sp³-hybridized carbons (Fsp3) is 0.200. The van der Waals surface area contributed by atoms with Gasteiger partial charge in [0.05, 0.1) is 26.9 Å². The van der Waals surface area contributed by atoms with Gasteiger partial charge < -0.3 is 15.3 Å². The molecule has 0 fully saturated rings. The van der Waals surface area contributed by atoms with Gasteiger partial charge in [0.2, 0.25) is 0 Å². The maximum Gasteiger partial charge on any atom is 0.179 e. The molecule has 0 amide bonds. The van der Waals surface area contributed by atoms with E-state index in [9.17, 15) is 13.5 Å². The number of hydrogen-bond donors (Lipinski definition) is 2. The zero-order valence-corrected chi connectivity index (χ0v) is 21.0. The highest BCUT2D eigenvalue weighted by Crippen LogP contribution is 2.37. The Labute approximate surface area is 215 Å². The molecule has 2 heterocycles. The minimum Gasteiger partial charge on any atom is -0.505 e. The van der Waals surface area contributed by atoms with Crippen LogP contribution in [0, 0.1) is 0 Å². The molecule has 0 atom stereocenters. The number of phenols is 1. The molecule has 0 aliphatic heterocycles. The van der Waals surface area contributed by atoms with E-state index < -0.39 is 9.84 Å². The van der Waals surface area contributed by atoms with E-state index in [1.54, 1.807) is 24.3 Å². The van der Waals surface area contributed by atoms with Crippen LogP contribution in [0.15, 0.2) is 59.6 Å². The Balaban J connectivity index is 0.00000342. The number of rotatable bonds is 6. The second-order valence-electron chi connectivity index (χ2n) is 8.18.